The summed E-state index contributed by atoms with van der Waals surface area (Å²) in [5.41, 5.74) is 1.01. The molecule has 4 nitrogen and oxygen atoms in total. The quantitative estimate of drug-likeness (QED) is 0.576. The molecule has 30 heavy (non-hydrogen) atoms. The number of likely N-dealkylation sites (tertiary alicyclic amines) is 1. The second-order valence-corrected chi connectivity index (χ2v) is 7.48. The van der Waals surface area contributed by atoms with Crippen molar-refractivity contribution in [2.45, 2.75) is 25.1 Å². The zero-order valence-corrected chi connectivity index (χ0v) is 16.7. The molecule has 7 heteroatoms. The first-order chi connectivity index (χ1) is 14.5. The number of anilines is 1. The summed E-state index contributed by atoms with van der Waals surface area (Å²) >= 11 is 0. The van der Waals surface area contributed by atoms with Crippen molar-refractivity contribution in [3.05, 3.63) is 65.9 Å². The van der Waals surface area contributed by atoms with Gasteiger partial charge in [0.2, 0.25) is 0 Å². The molecule has 1 fully saturated rings. The molecule has 0 saturated carbocycles. The summed E-state index contributed by atoms with van der Waals surface area (Å²) in [5, 5.41) is 3.97. The van der Waals surface area contributed by atoms with Gasteiger partial charge in [-0.3, -0.25) is 4.90 Å². The highest BCUT2D eigenvalue weighted by Gasteiger charge is 2.33. The molecule has 4 rings (SSSR count). The summed E-state index contributed by atoms with van der Waals surface area (Å²) in [6.45, 7) is 2.45. The maximum Gasteiger partial charge on any atom is 0.433 e. The SMILES string of the molecule is COc1ccc(C(CNc2cc(C(F)(F)F)nc3ccccc23)N2CCCC2)cc1. The number of halogens is 3. The normalized spacial score (nSPS) is 16.0. The summed E-state index contributed by atoms with van der Waals surface area (Å²) in [4.78, 5) is 6.18. The maximum atomic E-state index is 13.4. The minimum absolute atomic E-state index is 0.0553. The Kier molecular flexibility index (Phi) is 5.81. The van der Waals surface area contributed by atoms with E-state index < -0.39 is 11.9 Å². The van der Waals surface area contributed by atoms with Crippen LogP contribution in [0.4, 0.5) is 18.9 Å². The number of ether oxygens (including phenoxy) is 1. The van der Waals surface area contributed by atoms with E-state index in [1.807, 2.05) is 30.3 Å². The fourth-order valence-electron chi connectivity index (χ4n) is 4.01. The molecule has 2 aromatic carbocycles. The maximum absolute atomic E-state index is 13.4. The third-order valence-electron chi connectivity index (χ3n) is 5.57. The second-order valence-electron chi connectivity index (χ2n) is 7.48. The van der Waals surface area contributed by atoms with E-state index in [9.17, 15) is 13.2 Å². The number of pyridine rings is 1. The molecule has 2 heterocycles. The summed E-state index contributed by atoms with van der Waals surface area (Å²) in [6.07, 6.45) is -2.24. The van der Waals surface area contributed by atoms with Crippen molar-refractivity contribution >= 4 is 16.6 Å². The van der Waals surface area contributed by atoms with Crippen LogP contribution in [0, 0.1) is 0 Å². The number of nitrogens with one attached hydrogen (secondary N) is 1. The van der Waals surface area contributed by atoms with Crippen LogP contribution in [0.2, 0.25) is 0 Å². The zero-order chi connectivity index (χ0) is 21.1. The van der Waals surface area contributed by atoms with E-state index in [0.29, 0.717) is 23.1 Å². The number of aromatic nitrogens is 1. The topological polar surface area (TPSA) is 37.4 Å². The van der Waals surface area contributed by atoms with Crippen LogP contribution >= 0.6 is 0 Å². The van der Waals surface area contributed by atoms with E-state index in [-0.39, 0.29) is 6.04 Å². The van der Waals surface area contributed by atoms with Crippen LogP contribution in [0.1, 0.15) is 30.1 Å². The van der Waals surface area contributed by atoms with Gasteiger partial charge >= 0.3 is 6.18 Å². The third-order valence-corrected chi connectivity index (χ3v) is 5.57. The van der Waals surface area contributed by atoms with Crippen LogP contribution in [0.25, 0.3) is 10.9 Å². The van der Waals surface area contributed by atoms with Crippen LogP contribution in [0.3, 0.4) is 0 Å². The summed E-state index contributed by atoms with van der Waals surface area (Å²) < 4.78 is 45.4. The Balaban J connectivity index is 1.65. The molecule has 1 saturated heterocycles. The minimum Gasteiger partial charge on any atom is -0.497 e. The monoisotopic (exact) mass is 415 g/mol. The molecular formula is C23H24F3N3O. The number of methoxy groups -OCH3 is 1. The molecule has 1 N–H and O–H groups in total. The Morgan fingerprint density at radius 3 is 2.43 bits per heavy atom. The van der Waals surface area contributed by atoms with Crippen molar-refractivity contribution < 1.29 is 17.9 Å². The predicted molar refractivity (Wildman–Crippen MR) is 112 cm³/mol. The fraction of sp³-hybridized carbons (Fsp3) is 0.348. The van der Waals surface area contributed by atoms with Crippen molar-refractivity contribution in [1.29, 1.82) is 0 Å². The summed E-state index contributed by atoms with van der Waals surface area (Å²) in [7, 11) is 1.63. The number of para-hydroxylation sites is 1. The van der Waals surface area contributed by atoms with Crippen LogP contribution in [-0.2, 0) is 6.18 Å². The summed E-state index contributed by atoms with van der Waals surface area (Å²) in [5.74, 6) is 0.779. The number of hydrogen-bond acceptors (Lipinski definition) is 4. The third kappa shape index (κ3) is 4.36. The van der Waals surface area contributed by atoms with Gasteiger partial charge in [-0.05, 0) is 55.8 Å². The van der Waals surface area contributed by atoms with Gasteiger partial charge in [-0.25, -0.2) is 4.98 Å². The van der Waals surface area contributed by atoms with Gasteiger partial charge in [0.15, 0.2) is 0 Å². The van der Waals surface area contributed by atoms with Gasteiger partial charge in [0, 0.05) is 17.6 Å². The van der Waals surface area contributed by atoms with E-state index in [1.165, 1.54) is 0 Å². The first-order valence-electron chi connectivity index (χ1n) is 10.0. The summed E-state index contributed by atoms with van der Waals surface area (Å²) in [6, 6.07) is 16.0. The molecule has 3 aromatic rings. The Bertz CT molecular complexity index is 999. The fourth-order valence-corrected chi connectivity index (χ4v) is 4.01. The van der Waals surface area contributed by atoms with Gasteiger partial charge in [0.25, 0.3) is 0 Å². The molecule has 1 unspecified atom stereocenters. The molecule has 0 aliphatic carbocycles. The number of nitrogens with zero attached hydrogens (tertiary/aromatic N) is 2. The highest BCUT2D eigenvalue weighted by atomic mass is 19.4. The average molecular weight is 415 g/mol. The predicted octanol–water partition coefficient (Wildman–Crippen LogP) is 5.51. The highest BCUT2D eigenvalue weighted by Crippen LogP contribution is 2.34. The Morgan fingerprint density at radius 2 is 1.77 bits per heavy atom. The zero-order valence-electron chi connectivity index (χ0n) is 16.7. The van der Waals surface area contributed by atoms with Crippen LogP contribution in [-0.4, -0.2) is 36.6 Å². The number of benzene rings is 2. The van der Waals surface area contributed by atoms with Gasteiger partial charge in [0.1, 0.15) is 11.4 Å². The Morgan fingerprint density at radius 1 is 1.07 bits per heavy atom. The lowest BCUT2D eigenvalue weighted by atomic mass is 10.0. The Labute approximate surface area is 173 Å². The number of fused-ring (bicyclic) bond motifs is 1. The smallest absolute Gasteiger partial charge is 0.433 e. The average Bonchev–Trinajstić information content (AvgIpc) is 3.28. The highest BCUT2D eigenvalue weighted by molar-refractivity contribution is 5.91. The van der Waals surface area contributed by atoms with Crippen molar-refractivity contribution in [3.63, 3.8) is 0 Å². The van der Waals surface area contributed by atoms with Crippen molar-refractivity contribution in [2.75, 3.05) is 32.1 Å². The molecule has 1 aliphatic heterocycles. The lowest BCUT2D eigenvalue weighted by Crippen LogP contribution is -2.31. The van der Waals surface area contributed by atoms with E-state index >= 15 is 0 Å². The van der Waals surface area contributed by atoms with Gasteiger partial charge in [-0.1, -0.05) is 30.3 Å². The van der Waals surface area contributed by atoms with E-state index in [2.05, 4.69) is 15.2 Å². The number of alkyl halides is 3. The molecule has 0 spiro atoms. The Hall–Kier alpha value is -2.80. The van der Waals surface area contributed by atoms with Crippen molar-refractivity contribution in [2.24, 2.45) is 0 Å². The molecule has 0 amide bonds. The molecule has 158 valence electrons. The van der Waals surface area contributed by atoms with E-state index in [4.69, 9.17) is 4.74 Å². The molecular weight excluding hydrogens is 391 g/mol. The van der Waals surface area contributed by atoms with E-state index in [0.717, 1.165) is 43.3 Å². The molecule has 0 radical (unpaired) electrons. The van der Waals surface area contributed by atoms with Gasteiger partial charge in [0.05, 0.1) is 18.7 Å². The molecule has 1 atom stereocenters. The number of rotatable bonds is 6. The largest absolute Gasteiger partial charge is 0.497 e. The molecule has 1 aliphatic rings. The van der Waals surface area contributed by atoms with Gasteiger partial charge in [-0.15, -0.1) is 0 Å². The van der Waals surface area contributed by atoms with Gasteiger partial charge in [-0.2, -0.15) is 13.2 Å². The van der Waals surface area contributed by atoms with Crippen LogP contribution < -0.4 is 10.1 Å². The number of hydrogen-bond donors (Lipinski definition) is 1. The first kappa shape index (κ1) is 20.5. The van der Waals surface area contributed by atoms with Crippen molar-refractivity contribution in [1.82, 2.24) is 9.88 Å². The molecule has 0 bridgehead atoms. The van der Waals surface area contributed by atoms with Crippen LogP contribution in [0.15, 0.2) is 54.6 Å². The lowest BCUT2D eigenvalue weighted by molar-refractivity contribution is -0.140. The first-order valence-corrected chi connectivity index (χ1v) is 10.0. The lowest BCUT2D eigenvalue weighted by Gasteiger charge is -2.29. The van der Waals surface area contributed by atoms with Crippen molar-refractivity contribution in [3.8, 4) is 5.75 Å². The standard InChI is InChI=1S/C23H24F3N3O/c1-30-17-10-8-16(9-11-17)21(29-12-4-5-13-29)15-27-20-14-22(23(24,25)26)28-19-7-3-2-6-18(19)20/h2-3,6-11,14,21H,4-5,12-13,15H2,1H3,(H,27,28). The minimum atomic E-state index is -4.50. The van der Waals surface area contributed by atoms with Gasteiger partial charge < -0.3 is 10.1 Å². The van der Waals surface area contributed by atoms with Crippen LogP contribution in [0.5, 0.6) is 5.75 Å². The molecule has 1 aromatic heterocycles. The van der Waals surface area contributed by atoms with E-state index in [1.54, 1.807) is 25.3 Å². The second kappa shape index (κ2) is 8.52.